The summed E-state index contributed by atoms with van der Waals surface area (Å²) in [5.74, 6) is 1.37. The van der Waals surface area contributed by atoms with E-state index in [0.717, 1.165) is 43.0 Å². The Labute approximate surface area is 166 Å². The molecule has 0 aromatic carbocycles. The fourth-order valence-corrected chi connectivity index (χ4v) is 3.75. The number of pyridine rings is 1. The Morgan fingerprint density at radius 2 is 1.86 bits per heavy atom. The van der Waals surface area contributed by atoms with Crippen LogP contribution in [0.15, 0.2) is 60.2 Å². The maximum Gasteiger partial charge on any atom is 0.253 e. The van der Waals surface area contributed by atoms with Crippen LogP contribution in [-0.4, -0.2) is 47.4 Å². The summed E-state index contributed by atoms with van der Waals surface area (Å²) in [6, 6.07) is 9.22. The Kier molecular flexibility index (Phi) is 4.47. The van der Waals surface area contributed by atoms with Crippen molar-refractivity contribution >= 4 is 11.5 Å². The van der Waals surface area contributed by atoms with Gasteiger partial charge in [-0.15, -0.1) is 15.3 Å². The van der Waals surface area contributed by atoms with E-state index in [2.05, 4.69) is 30.2 Å². The Hall–Kier alpha value is -3.62. The van der Waals surface area contributed by atoms with Gasteiger partial charge in [0, 0.05) is 43.7 Å². The van der Waals surface area contributed by atoms with E-state index in [1.165, 1.54) is 0 Å². The quantitative estimate of drug-likeness (QED) is 0.525. The number of aromatic nitrogens is 7. The summed E-state index contributed by atoms with van der Waals surface area (Å²) in [6.07, 6.45) is 8.67. The fourth-order valence-electron chi connectivity index (χ4n) is 3.75. The van der Waals surface area contributed by atoms with Crippen LogP contribution in [0.25, 0.3) is 16.9 Å². The summed E-state index contributed by atoms with van der Waals surface area (Å²) >= 11 is 0. The van der Waals surface area contributed by atoms with Gasteiger partial charge in [-0.05, 0) is 43.0 Å². The Morgan fingerprint density at radius 3 is 2.66 bits per heavy atom. The minimum atomic E-state index is -0.0195. The molecule has 4 aromatic heterocycles. The second-order valence-electron chi connectivity index (χ2n) is 7.26. The van der Waals surface area contributed by atoms with Crippen LogP contribution in [0.4, 0.5) is 5.82 Å². The Balaban J connectivity index is 1.24. The van der Waals surface area contributed by atoms with Crippen molar-refractivity contribution in [2.24, 2.45) is 5.92 Å². The van der Waals surface area contributed by atoms with Gasteiger partial charge in [0.05, 0.1) is 12.0 Å². The van der Waals surface area contributed by atoms with Gasteiger partial charge in [-0.2, -0.15) is 4.52 Å². The molecule has 4 aromatic rings. The summed E-state index contributed by atoms with van der Waals surface area (Å²) in [5.41, 5.74) is 2.30. The van der Waals surface area contributed by atoms with Gasteiger partial charge < -0.3 is 4.90 Å². The lowest BCUT2D eigenvalue weighted by molar-refractivity contribution is 0.350. The number of hydrogen-bond acceptors (Lipinski definition) is 7. The highest BCUT2D eigenvalue weighted by atomic mass is 16.1. The maximum absolute atomic E-state index is 12.5. The molecule has 29 heavy (non-hydrogen) atoms. The van der Waals surface area contributed by atoms with E-state index in [0.29, 0.717) is 18.2 Å². The van der Waals surface area contributed by atoms with E-state index in [9.17, 15) is 4.79 Å². The SMILES string of the molecule is O=c1cc(-c2ccncc2)ncn1CC1CCN(c2ccc3nncn3n2)CC1. The van der Waals surface area contributed by atoms with Crippen molar-refractivity contribution in [2.75, 3.05) is 18.0 Å². The van der Waals surface area contributed by atoms with Crippen molar-refractivity contribution in [3.63, 3.8) is 0 Å². The van der Waals surface area contributed by atoms with Gasteiger partial charge >= 0.3 is 0 Å². The summed E-state index contributed by atoms with van der Waals surface area (Å²) in [6.45, 7) is 2.50. The first-order valence-corrected chi connectivity index (χ1v) is 9.65. The van der Waals surface area contributed by atoms with Crippen molar-refractivity contribution in [1.29, 1.82) is 0 Å². The molecule has 1 fully saturated rings. The number of hydrogen-bond donors (Lipinski definition) is 0. The van der Waals surface area contributed by atoms with E-state index in [1.807, 2.05) is 24.3 Å². The molecule has 0 unspecified atom stereocenters. The second-order valence-corrected chi connectivity index (χ2v) is 7.26. The van der Waals surface area contributed by atoms with Crippen LogP contribution in [0, 0.1) is 5.92 Å². The van der Waals surface area contributed by atoms with Crippen LogP contribution in [0.5, 0.6) is 0 Å². The van der Waals surface area contributed by atoms with Crippen molar-refractivity contribution in [3.05, 3.63) is 65.7 Å². The molecule has 0 radical (unpaired) electrons. The third-order valence-corrected chi connectivity index (χ3v) is 5.40. The first kappa shape index (κ1) is 17.5. The van der Waals surface area contributed by atoms with Crippen molar-refractivity contribution in [2.45, 2.75) is 19.4 Å². The summed E-state index contributed by atoms with van der Waals surface area (Å²) in [5, 5.41) is 12.4. The molecule has 1 saturated heterocycles. The van der Waals surface area contributed by atoms with Crippen LogP contribution >= 0.6 is 0 Å². The molecule has 0 N–H and O–H groups in total. The molecule has 1 aliphatic heterocycles. The van der Waals surface area contributed by atoms with Crippen LogP contribution < -0.4 is 10.5 Å². The average Bonchev–Trinajstić information content (AvgIpc) is 3.24. The van der Waals surface area contributed by atoms with Gasteiger partial charge in [0.2, 0.25) is 0 Å². The van der Waals surface area contributed by atoms with E-state index < -0.39 is 0 Å². The molecule has 9 nitrogen and oxygen atoms in total. The lowest BCUT2D eigenvalue weighted by Gasteiger charge is -2.32. The monoisotopic (exact) mass is 388 g/mol. The first-order valence-electron chi connectivity index (χ1n) is 9.65. The van der Waals surface area contributed by atoms with Crippen molar-refractivity contribution in [3.8, 4) is 11.3 Å². The number of rotatable bonds is 4. The third-order valence-electron chi connectivity index (χ3n) is 5.40. The maximum atomic E-state index is 12.5. The molecule has 0 amide bonds. The highest BCUT2D eigenvalue weighted by Gasteiger charge is 2.21. The smallest absolute Gasteiger partial charge is 0.253 e. The zero-order chi connectivity index (χ0) is 19.6. The van der Waals surface area contributed by atoms with Gasteiger partial charge in [0.15, 0.2) is 5.65 Å². The number of nitrogens with zero attached hydrogens (tertiary/aromatic N) is 8. The molecule has 9 heteroatoms. The number of piperidine rings is 1. The highest BCUT2D eigenvalue weighted by molar-refractivity contribution is 5.57. The summed E-state index contributed by atoms with van der Waals surface area (Å²) in [4.78, 5) is 23.3. The molecule has 0 saturated carbocycles. The van der Waals surface area contributed by atoms with E-state index in [4.69, 9.17) is 0 Å². The van der Waals surface area contributed by atoms with Gasteiger partial charge in [-0.3, -0.25) is 14.3 Å². The number of fused-ring (bicyclic) bond motifs is 1. The molecule has 0 atom stereocenters. The van der Waals surface area contributed by atoms with Crippen molar-refractivity contribution in [1.82, 2.24) is 34.3 Å². The Bertz CT molecular complexity index is 1180. The second kappa shape index (κ2) is 7.42. The van der Waals surface area contributed by atoms with Gasteiger partial charge in [0.1, 0.15) is 12.1 Å². The lowest BCUT2D eigenvalue weighted by Crippen LogP contribution is -2.37. The van der Waals surface area contributed by atoms with E-state index in [1.54, 1.807) is 40.2 Å². The normalized spacial score (nSPS) is 15.1. The molecule has 0 spiro atoms. The van der Waals surface area contributed by atoms with E-state index in [-0.39, 0.29) is 5.56 Å². The lowest BCUT2D eigenvalue weighted by atomic mass is 9.96. The van der Waals surface area contributed by atoms with Crippen molar-refractivity contribution < 1.29 is 0 Å². The van der Waals surface area contributed by atoms with E-state index >= 15 is 0 Å². The summed E-state index contributed by atoms with van der Waals surface area (Å²) in [7, 11) is 0. The predicted molar refractivity (Wildman–Crippen MR) is 107 cm³/mol. The van der Waals surface area contributed by atoms with Crippen LogP contribution in [-0.2, 0) is 6.54 Å². The molecule has 5 heterocycles. The molecule has 1 aliphatic rings. The predicted octanol–water partition coefficient (Wildman–Crippen LogP) is 1.66. The minimum Gasteiger partial charge on any atom is -0.355 e. The van der Waals surface area contributed by atoms with Crippen LogP contribution in [0.1, 0.15) is 12.8 Å². The molecule has 146 valence electrons. The third kappa shape index (κ3) is 3.58. The zero-order valence-corrected chi connectivity index (χ0v) is 15.8. The highest BCUT2D eigenvalue weighted by Crippen LogP contribution is 2.23. The summed E-state index contributed by atoms with van der Waals surface area (Å²) < 4.78 is 3.41. The molecular formula is C20H20N8O. The van der Waals surface area contributed by atoms with Gasteiger partial charge in [-0.1, -0.05) is 0 Å². The topological polar surface area (TPSA) is 94.1 Å². The van der Waals surface area contributed by atoms with Gasteiger partial charge in [0.25, 0.3) is 5.56 Å². The zero-order valence-electron chi connectivity index (χ0n) is 15.8. The largest absolute Gasteiger partial charge is 0.355 e. The Morgan fingerprint density at radius 1 is 1.03 bits per heavy atom. The molecule has 5 rings (SSSR count). The number of anilines is 1. The fraction of sp³-hybridized carbons (Fsp3) is 0.300. The molecular weight excluding hydrogens is 368 g/mol. The standard InChI is InChI=1S/C20H20N8O/c29-20-11-17(16-3-7-21-8-4-16)22-13-27(20)12-15-5-9-26(10-6-15)19-2-1-18-24-23-14-28(18)25-19/h1-4,7-8,11,13-15H,5-6,9-10,12H2. The minimum absolute atomic E-state index is 0.0195. The van der Waals surface area contributed by atoms with Crippen LogP contribution in [0.2, 0.25) is 0 Å². The average molecular weight is 388 g/mol. The molecule has 0 aliphatic carbocycles. The van der Waals surface area contributed by atoms with Gasteiger partial charge in [-0.25, -0.2) is 4.98 Å². The molecule has 0 bridgehead atoms. The first-order chi connectivity index (χ1) is 14.3. The van der Waals surface area contributed by atoms with Crippen LogP contribution in [0.3, 0.4) is 0 Å².